The summed E-state index contributed by atoms with van der Waals surface area (Å²) in [6.45, 7) is 16.3. The molecule has 0 aromatic rings. The van der Waals surface area contributed by atoms with Gasteiger partial charge in [-0.3, -0.25) is 0 Å². The van der Waals surface area contributed by atoms with Crippen molar-refractivity contribution in [1.82, 2.24) is 0 Å². The van der Waals surface area contributed by atoms with E-state index >= 15 is 0 Å². The van der Waals surface area contributed by atoms with Crippen LogP contribution in [0.25, 0.3) is 0 Å². The minimum absolute atomic E-state index is 0.0385. The highest BCUT2D eigenvalue weighted by molar-refractivity contribution is 6.74. The first-order valence-corrected chi connectivity index (χ1v) is 11.4. The normalized spacial score (nSPS) is 37.6. The van der Waals surface area contributed by atoms with E-state index < -0.39 is 8.32 Å². The molecule has 0 N–H and O–H groups in total. The Labute approximate surface area is 126 Å². The maximum atomic E-state index is 6.78. The van der Waals surface area contributed by atoms with Crippen LogP contribution in [0.4, 0.5) is 0 Å². The van der Waals surface area contributed by atoms with Gasteiger partial charge in [-0.1, -0.05) is 40.5 Å². The fourth-order valence-electron chi connectivity index (χ4n) is 3.51. The Bertz CT molecular complexity index is 360. The molecule has 1 saturated carbocycles. The van der Waals surface area contributed by atoms with Crippen molar-refractivity contribution in [3.8, 4) is 0 Å². The lowest BCUT2D eigenvalue weighted by molar-refractivity contribution is 0.0654. The van der Waals surface area contributed by atoms with E-state index in [2.05, 4.69) is 47.7 Å². The highest BCUT2D eigenvalue weighted by atomic mass is 28.4. The Morgan fingerprint density at radius 2 is 1.95 bits per heavy atom. The summed E-state index contributed by atoms with van der Waals surface area (Å²) >= 11 is 0. The number of unbranched alkanes of at least 4 members (excludes halogenated alkanes) is 1. The molecule has 2 aliphatic rings. The number of ether oxygens (including phenoxy) is 1. The molecule has 3 atom stereocenters. The lowest BCUT2D eigenvalue weighted by atomic mass is 9.76. The molecule has 20 heavy (non-hydrogen) atoms. The SMILES string of the molecule is CCCC[C@]12O[C@@]1(C)CCC[C@H]2O[Si](C)(C)C(C)(C)C. The third-order valence-corrected chi connectivity index (χ3v) is 10.5. The van der Waals surface area contributed by atoms with Crippen molar-refractivity contribution < 1.29 is 9.16 Å². The summed E-state index contributed by atoms with van der Waals surface area (Å²) in [6.07, 6.45) is 7.66. The van der Waals surface area contributed by atoms with E-state index in [4.69, 9.17) is 9.16 Å². The summed E-state index contributed by atoms with van der Waals surface area (Å²) in [4.78, 5) is 0. The summed E-state index contributed by atoms with van der Waals surface area (Å²) < 4.78 is 13.1. The van der Waals surface area contributed by atoms with Gasteiger partial charge in [-0.25, -0.2) is 0 Å². The predicted octanol–water partition coefficient (Wildman–Crippen LogP) is 5.28. The van der Waals surface area contributed by atoms with E-state index in [9.17, 15) is 0 Å². The number of epoxide rings is 1. The smallest absolute Gasteiger partial charge is 0.192 e. The van der Waals surface area contributed by atoms with Crippen LogP contribution in [0.2, 0.25) is 18.1 Å². The van der Waals surface area contributed by atoms with Crippen molar-refractivity contribution in [1.29, 1.82) is 0 Å². The van der Waals surface area contributed by atoms with Gasteiger partial charge < -0.3 is 9.16 Å². The largest absolute Gasteiger partial charge is 0.411 e. The molecule has 0 aromatic carbocycles. The first kappa shape index (κ1) is 16.5. The van der Waals surface area contributed by atoms with E-state index in [1.165, 1.54) is 38.5 Å². The molecule has 0 unspecified atom stereocenters. The van der Waals surface area contributed by atoms with E-state index in [1.54, 1.807) is 0 Å². The standard InChI is InChI=1S/C17H34O2Si/c1-8-9-13-17-14(11-10-12-16(17,5)19-17)18-20(6,7)15(2,3)4/h14H,8-13H2,1-7H3/t14-,16+,17-/m1/s1. The molecule has 1 aliphatic carbocycles. The molecule has 1 aliphatic heterocycles. The van der Waals surface area contributed by atoms with Gasteiger partial charge in [0.25, 0.3) is 0 Å². The van der Waals surface area contributed by atoms with Gasteiger partial charge in [-0.15, -0.1) is 0 Å². The van der Waals surface area contributed by atoms with Crippen LogP contribution < -0.4 is 0 Å². The molecule has 2 nitrogen and oxygen atoms in total. The minimum Gasteiger partial charge on any atom is -0.411 e. The van der Waals surface area contributed by atoms with Gasteiger partial charge in [-0.05, 0) is 50.7 Å². The second-order valence-corrected chi connectivity index (χ2v) is 13.3. The van der Waals surface area contributed by atoms with Gasteiger partial charge in [0.05, 0.1) is 11.7 Å². The van der Waals surface area contributed by atoms with Crippen molar-refractivity contribution >= 4 is 8.32 Å². The predicted molar refractivity (Wildman–Crippen MR) is 87.7 cm³/mol. The van der Waals surface area contributed by atoms with Crippen LogP contribution in [-0.2, 0) is 9.16 Å². The number of fused-ring (bicyclic) bond motifs is 1. The molecule has 0 radical (unpaired) electrons. The van der Waals surface area contributed by atoms with Gasteiger partial charge in [0.15, 0.2) is 8.32 Å². The average Bonchev–Trinajstić information content (AvgIpc) is 2.92. The summed E-state index contributed by atoms with van der Waals surface area (Å²) in [5.41, 5.74) is 0.143. The first-order chi connectivity index (χ1) is 9.08. The number of hydrogen-bond acceptors (Lipinski definition) is 2. The summed E-state index contributed by atoms with van der Waals surface area (Å²) in [7, 11) is -1.71. The molecular formula is C17H34O2Si. The van der Waals surface area contributed by atoms with E-state index in [1.807, 2.05) is 0 Å². The molecule has 3 heteroatoms. The van der Waals surface area contributed by atoms with Crippen LogP contribution in [0.3, 0.4) is 0 Å². The molecule has 0 amide bonds. The quantitative estimate of drug-likeness (QED) is 0.509. The third-order valence-electron chi connectivity index (χ3n) is 6.05. The molecule has 0 spiro atoms. The summed E-state index contributed by atoms with van der Waals surface area (Å²) in [5.74, 6) is 0. The summed E-state index contributed by atoms with van der Waals surface area (Å²) in [5, 5.41) is 0.279. The van der Waals surface area contributed by atoms with Gasteiger partial charge in [-0.2, -0.15) is 0 Å². The third kappa shape index (κ3) is 2.61. The number of hydrogen-bond donors (Lipinski definition) is 0. The van der Waals surface area contributed by atoms with Crippen molar-refractivity contribution in [3.63, 3.8) is 0 Å². The molecule has 1 saturated heterocycles. The van der Waals surface area contributed by atoms with Crippen LogP contribution in [0, 0.1) is 0 Å². The summed E-state index contributed by atoms with van der Waals surface area (Å²) in [6, 6.07) is 0. The second-order valence-electron chi connectivity index (χ2n) is 8.58. The Hall–Kier alpha value is 0.137. The van der Waals surface area contributed by atoms with Crippen molar-refractivity contribution in [2.45, 2.75) is 109 Å². The molecule has 2 fully saturated rings. The van der Waals surface area contributed by atoms with Crippen LogP contribution in [0.15, 0.2) is 0 Å². The Morgan fingerprint density at radius 3 is 2.50 bits per heavy atom. The molecule has 0 aromatic heterocycles. The van der Waals surface area contributed by atoms with Crippen LogP contribution >= 0.6 is 0 Å². The topological polar surface area (TPSA) is 21.8 Å². The average molecular weight is 299 g/mol. The zero-order valence-corrected chi connectivity index (χ0v) is 15.6. The van der Waals surface area contributed by atoms with Gasteiger partial charge in [0.1, 0.15) is 5.60 Å². The van der Waals surface area contributed by atoms with Gasteiger partial charge >= 0.3 is 0 Å². The molecular weight excluding hydrogens is 264 g/mol. The molecule has 2 rings (SSSR count). The lowest BCUT2D eigenvalue weighted by Gasteiger charge is -2.43. The molecule has 1 heterocycles. The maximum absolute atomic E-state index is 6.78. The van der Waals surface area contributed by atoms with Crippen molar-refractivity contribution in [2.75, 3.05) is 0 Å². The Kier molecular flexibility index (Phi) is 4.21. The fourth-order valence-corrected chi connectivity index (χ4v) is 4.88. The highest BCUT2D eigenvalue weighted by Gasteiger charge is 2.71. The Morgan fingerprint density at radius 1 is 1.30 bits per heavy atom. The van der Waals surface area contributed by atoms with E-state index in [-0.39, 0.29) is 16.2 Å². The van der Waals surface area contributed by atoms with Crippen LogP contribution in [0.5, 0.6) is 0 Å². The van der Waals surface area contributed by atoms with E-state index in [0.717, 1.165) is 0 Å². The van der Waals surface area contributed by atoms with Crippen molar-refractivity contribution in [2.24, 2.45) is 0 Å². The van der Waals surface area contributed by atoms with E-state index in [0.29, 0.717) is 6.10 Å². The minimum atomic E-state index is -1.71. The molecule has 0 bridgehead atoms. The van der Waals surface area contributed by atoms with Gasteiger partial charge in [0, 0.05) is 0 Å². The number of rotatable bonds is 5. The van der Waals surface area contributed by atoms with Crippen LogP contribution in [0.1, 0.15) is 73.1 Å². The second kappa shape index (κ2) is 5.10. The first-order valence-electron chi connectivity index (χ1n) is 8.46. The van der Waals surface area contributed by atoms with Crippen molar-refractivity contribution in [3.05, 3.63) is 0 Å². The van der Waals surface area contributed by atoms with Crippen LogP contribution in [-0.4, -0.2) is 25.6 Å². The molecule has 118 valence electrons. The van der Waals surface area contributed by atoms with Gasteiger partial charge in [0.2, 0.25) is 0 Å². The zero-order chi connectivity index (χ0) is 15.2. The maximum Gasteiger partial charge on any atom is 0.192 e. The lowest BCUT2D eigenvalue weighted by Crippen LogP contribution is -2.51. The Balaban J connectivity index is 2.14. The zero-order valence-electron chi connectivity index (χ0n) is 14.6. The highest BCUT2D eigenvalue weighted by Crippen LogP contribution is 2.61. The monoisotopic (exact) mass is 298 g/mol. The fraction of sp³-hybridized carbons (Fsp3) is 1.00.